The quantitative estimate of drug-likeness (QED) is 0.734. The van der Waals surface area contributed by atoms with Gasteiger partial charge >= 0.3 is 0 Å². The minimum absolute atomic E-state index is 0.272. The fourth-order valence-electron chi connectivity index (χ4n) is 2.24. The van der Waals surface area contributed by atoms with Crippen LogP contribution in [0.15, 0.2) is 24.3 Å². The van der Waals surface area contributed by atoms with Crippen molar-refractivity contribution in [2.45, 2.75) is 38.3 Å². The van der Waals surface area contributed by atoms with Crippen LogP contribution in [0.25, 0.3) is 0 Å². The van der Waals surface area contributed by atoms with Crippen LogP contribution in [-0.2, 0) is 5.54 Å². The second kappa shape index (κ2) is 3.95. The largest absolute Gasteiger partial charge is 0.391 e. The zero-order valence-electron chi connectivity index (χ0n) is 9.46. The Balaban J connectivity index is 2.30. The number of rotatable bonds is 1. The molecule has 1 aliphatic heterocycles. The van der Waals surface area contributed by atoms with E-state index in [0.29, 0.717) is 0 Å². The summed E-state index contributed by atoms with van der Waals surface area (Å²) >= 11 is 0. The summed E-state index contributed by atoms with van der Waals surface area (Å²) in [6.45, 7) is 5.15. The van der Waals surface area contributed by atoms with Crippen LogP contribution in [0.5, 0.6) is 0 Å². The van der Waals surface area contributed by atoms with E-state index in [1.807, 2.05) is 0 Å². The Hall–Kier alpha value is -0.860. The van der Waals surface area contributed by atoms with E-state index in [1.165, 1.54) is 11.1 Å². The zero-order valence-corrected chi connectivity index (χ0v) is 9.46. The van der Waals surface area contributed by atoms with Crippen molar-refractivity contribution in [3.8, 4) is 0 Å². The van der Waals surface area contributed by atoms with Crippen LogP contribution in [0, 0.1) is 6.92 Å². The second-order valence-corrected chi connectivity index (χ2v) is 4.65. The average molecular weight is 205 g/mol. The van der Waals surface area contributed by atoms with Crippen LogP contribution in [0.2, 0.25) is 0 Å². The summed E-state index contributed by atoms with van der Waals surface area (Å²) in [6, 6.07) is 8.42. The van der Waals surface area contributed by atoms with Crippen molar-refractivity contribution in [2.24, 2.45) is 0 Å². The second-order valence-electron chi connectivity index (χ2n) is 4.65. The number of aryl methyl sites for hydroxylation is 1. The van der Waals surface area contributed by atoms with Crippen LogP contribution in [0.1, 0.15) is 30.9 Å². The van der Waals surface area contributed by atoms with Crippen molar-refractivity contribution in [3.63, 3.8) is 0 Å². The van der Waals surface area contributed by atoms with Gasteiger partial charge in [0, 0.05) is 0 Å². The van der Waals surface area contributed by atoms with E-state index in [2.05, 4.69) is 43.4 Å². The first-order chi connectivity index (χ1) is 7.13. The molecule has 1 saturated heterocycles. The number of hydrogen-bond acceptors (Lipinski definition) is 2. The molecule has 0 amide bonds. The lowest BCUT2D eigenvalue weighted by Crippen LogP contribution is -2.53. The highest BCUT2D eigenvalue weighted by molar-refractivity contribution is 5.29. The minimum Gasteiger partial charge on any atom is -0.391 e. The van der Waals surface area contributed by atoms with Crippen LogP contribution < -0.4 is 5.32 Å². The van der Waals surface area contributed by atoms with Gasteiger partial charge in [0.05, 0.1) is 11.6 Å². The molecule has 0 aliphatic carbocycles. The molecule has 2 unspecified atom stereocenters. The van der Waals surface area contributed by atoms with E-state index < -0.39 is 0 Å². The highest BCUT2D eigenvalue weighted by atomic mass is 16.3. The standard InChI is InChI=1S/C13H19NO/c1-10-5-7-11(8-6-10)13(2)12(15)4-3-9-14-13/h5-8,12,14-15H,3-4,9H2,1-2H3. The van der Waals surface area contributed by atoms with Gasteiger partial charge in [-0.2, -0.15) is 0 Å². The molecule has 0 spiro atoms. The maximum atomic E-state index is 10.1. The first-order valence-electron chi connectivity index (χ1n) is 5.63. The molecule has 0 aromatic heterocycles. The molecule has 15 heavy (non-hydrogen) atoms. The summed E-state index contributed by atoms with van der Waals surface area (Å²) in [4.78, 5) is 0. The van der Waals surface area contributed by atoms with Crippen molar-refractivity contribution < 1.29 is 5.11 Å². The minimum atomic E-state index is -0.283. The van der Waals surface area contributed by atoms with E-state index in [0.717, 1.165) is 19.4 Å². The summed E-state index contributed by atoms with van der Waals surface area (Å²) in [7, 11) is 0. The number of hydrogen-bond donors (Lipinski definition) is 2. The Bertz CT molecular complexity index is 333. The molecule has 1 heterocycles. The van der Waals surface area contributed by atoms with Crippen molar-refractivity contribution in [2.75, 3.05) is 6.54 Å². The molecule has 2 heteroatoms. The Morgan fingerprint density at radius 3 is 2.60 bits per heavy atom. The van der Waals surface area contributed by atoms with Crippen molar-refractivity contribution >= 4 is 0 Å². The molecular formula is C13H19NO. The van der Waals surface area contributed by atoms with Crippen LogP contribution in [-0.4, -0.2) is 17.8 Å². The number of aliphatic hydroxyl groups is 1. The van der Waals surface area contributed by atoms with E-state index in [-0.39, 0.29) is 11.6 Å². The Morgan fingerprint density at radius 1 is 1.33 bits per heavy atom. The van der Waals surface area contributed by atoms with Gasteiger partial charge in [0.25, 0.3) is 0 Å². The third-order valence-corrected chi connectivity index (χ3v) is 3.46. The van der Waals surface area contributed by atoms with Gasteiger partial charge in [0.2, 0.25) is 0 Å². The molecule has 1 aromatic carbocycles. The van der Waals surface area contributed by atoms with E-state index in [1.54, 1.807) is 0 Å². The van der Waals surface area contributed by atoms with E-state index in [9.17, 15) is 5.11 Å². The summed E-state index contributed by atoms with van der Waals surface area (Å²) in [5.74, 6) is 0. The SMILES string of the molecule is Cc1ccc(C2(C)NCCCC2O)cc1. The molecule has 82 valence electrons. The van der Waals surface area contributed by atoms with Gasteiger partial charge in [0.1, 0.15) is 0 Å². The third kappa shape index (κ3) is 1.92. The lowest BCUT2D eigenvalue weighted by atomic mass is 9.81. The van der Waals surface area contributed by atoms with Gasteiger partial charge < -0.3 is 10.4 Å². The van der Waals surface area contributed by atoms with Gasteiger partial charge in [-0.15, -0.1) is 0 Å². The maximum absolute atomic E-state index is 10.1. The summed E-state index contributed by atoms with van der Waals surface area (Å²) in [5, 5.41) is 13.5. The Kier molecular flexibility index (Phi) is 2.81. The summed E-state index contributed by atoms with van der Waals surface area (Å²) < 4.78 is 0. The highest BCUT2D eigenvalue weighted by Crippen LogP contribution is 2.30. The Labute approximate surface area is 91.3 Å². The molecule has 2 nitrogen and oxygen atoms in total. The number of piperidine rings is 1. The average Bonchev–Trinajstić information content (AvgIpc) is 2.23. The first-order valence-corrected chi connectivity index (χ1v) is 5.63. The topological polar surface area (TPSA) is 32.3 Å². The highest BCUT2D eigenvalue weighted by Gasteiger charge is 2.36. The Morgan fingerprint density at radius 2 is 2.00 bits per heavy atom. The molecule has 0 bridgehead atoms. The smallest absolute Gasteiger partial charge is 0.0761 e. The molecule has 2 N–H and O–H groups in total. The fourth-order valence-corrected chi connectivity index (χ4v) is 2.24. The predicted molar refractivity (Wildman–Crippen MR) is 61.8 cm³/mol. The van der Waals surface area contributed by atoms with Crippen molar-refractivity contribution in [1.29, 1.82) is 0 Å². The molecule has 2 atom stereocenters. The van der Waals surface area contributed by atoms with Crippen molar-refractivity contribution in [3.05, 3.63) is 35.4 Å². The predicted octanol–water partition coefficient (Wildman–Crippen LogP) is 1.95. The third-order valence-electron chi connectivity index (χ3n) is 3.46. The van der Waals surface area contributed by atoms with Gasteiger partial charge in [-0.25, -0.2) is 0 Å². The first kappa shape index (κ1) is 10.7. The number of benzene rings is 1. The molecular weight excluding hydrogens is 186 g/mol. The van der Waals surface area contributed by atoms with Crippen molar-refractivity contribution in [1.82, 2.24) is 5.32 Å². The summed E-state index contributed by atoms with van der Waals surface area (Å²) in [6.07, 6.45) is 1.66. The lowest BCUT2D eigenvalue weighted by Gasteiger charge is -2.40. The molecule has 1 aliphatic rings. The monoisotopic (exact) mass is 205 g/mol. The van der Waals surface area contributed by atoms with E-state index >= 15 is 0 Å². The van der Waals surface area contributed by atoms with Gasteiger partial charge in [-0.05, 0) is 38.8 Å². The van der Waals surface area contributed by atoms with Crippen LogP contribution in [0.4, 0.5) is 0 Å². The van der Waals surface area contributed by atoms with Crippen LogP contribution >= 0.6 is 0 Å². The molecule has 1 aromatic rings. The molecule has 2 rings (SSSR count). The summed E-state index contributed by atoms with van der Waals surface area (Å²) in [5.41, 5.74) is 2.17. The van der Waals surface area contributed by atoms with E-state index in [4.69, 9.17) is 0 Å². The molecule has 1 fully saturated rings. The normalized spacial score (nSPS) is 31.5. The fraction of sp³-hybridized carbons (Fsp3) is 0.538. The number of aliphatic hydroxyl groups excluding tert-OH is 1. The van der Waals surface area contributed by atoms with Gasteiger partial charge in [0.15, 0.2) is 0 Å². The molecule has 0 radical (unpaired) electrons. The van der Waals surface area contributed by atoms with Gasteiger partial charge in [-0.1, -0.05) is 29.8 Å². The maximum Gasteiger partial charge on any atom is 0.0761 e. The van der Waals surface area contributed by atoms with Crippen LogP contribution in [0.3, 0.4) is 0 Å². The zero-order chi connectivity index (χ0) is 10.9. The van der Waals surface area contributed by atoms with Gasteiger partial charge in [-0.3, -0.25) is 0 Å². The lowest BCUT2D eigenvalue weighted by molar-refractivity contribution is 0.0385. The molecule has 0 saturated carbocycles. The number of nitrogens with one attached hydrogen (secondary N) is 1.